The Bertz CT molecular complexity index is 942. The first-order valence-corrected chi connectivity index (χ1v) is 9.24. The van der Waals surface area contributed by atoms with Crippen LogP contribution < -0.4 is 11.1 Å². The van der Waals surface area contributed by atoms with Crippen LogP contribution in [0.3, 0.4) is 0 Å². The summed E-state index contributed by atoms with van der Waals surface area (Å²) in [5.74, 6) is 0. The summed E-state index contributed by atoms with van der Waals surface area (Å²) in [6.45, 7) is 3.62. The molecule has 5 nitrogen and oxygen atoms in total. The molecule has 134 valence electrons. The summed E-state index contributed by atoms with van der Waals surface area (Å²) in [6, 6.07) is 12.7. The summed E-state index contributed by atoms with van der Waals surface area (Å²) in [7, 11) is 0. The van der Waals surface area contributed by atoms with E-state index in [1.807, 2.05) is 42.6 Å². The molecular formula is C19H18ClN3O2S. The van der Waals surface area contributed by atoms with Crippen molar-refractivity contribution in [3.8, 4) is 10.6 Å². The Labute approximate surface area is 160 Å². The molecule has 0 spiro atoms. The molecule has 0 bridgehead atoms. The molecule has 0 saturated carbocycles. The minimum absolute atomic E-state index is 0.470. The summed E-state index contributed by atoms with van der Waals surface area (Å²) < 4.78 is 5.45. The lowest BCUT2D eigenvalue weighted by Crippen LogP contribution is -2.16. The third kappa shape index (κ3) is 3.98. The normalized spacial score (nSPS) is 11.8. The van der Waals surface area contributed by atoms with Gasteiger partial charge in [-0.2, -0.15) is 0 Å². The molecule has 3 aromatic rings. The maximum Gasteiger partial charge on any atom is 0.412 e. The maximum absolute atomic E-state index is 12.3. The number of nitrogens with two attached hydrogens (primary N) is 1. The molecular weight excluding hydrogens is 370 g/mol. The van der Waals surface area contributed by atoms with E-state index in [1.165, 1.54) is 11.3 Å². The first-order chi connectivity index (χ1) is 12.5. The standard InChI is InChI=1S/C19H18ClN3O2S/c1-11-15(21)7-8-16(22-11)18-17(9-10-26-18)23-19(24)25-12(2)13-5-3-4-6-14(13)20/h3-10,12H,21H2,1-2H3,(H,23,24)/t12-/m1/s1. The van der Waals surface area contributed by atoms with Crippen molar-refractivity contribution in [1.82, 2.24) is 4.98 Å². The van der Waals surface area contributed by atoms with Crippen molar-refractivity contribution in [2.45, 2.75) is 20.0 Å². The third-order valence-corrected chi connectivity index (χ3v) is 5.17. The highest BCUT2D eigenvalue weighted by atomic mass is 35.5. The number of nitrogens with zero attached hydrogens (tertiary/aromatic N) is 1. The molecule has 3 N–H and O–H groups in total. The van der Waals surface area contributed by atoms with Gasteiger partial charge in [-0.05, 0) is 43.5 Å². The van der Waals surface area contributed by atoms with Crippen LogP contribution in [0.15, 0.2) is 47.8 Å². The second-order valence-electron chi connectivity index (χ2n) is 5.73. The van der Waals surface area contributed by atoms with Gasteiger partial charge in [-0.25, -0.2) is 4.79 Å². The van der Waals surface area contributed by atoms with Crippen molar-refractivity contribution in [3.05, 3.63) is 64.1 Å². The van der Waals surface area contributed by atoms with Crippen LogP contribution in [0.5, 0.6) is 0 Å². The van der Waals surface area contributed by atoms with E-state index in [9.17, 15) is 4.79 Å². The van der Waals surface area contributed by atoms with Crippen molar-refractivity contribution in [3.63, 3.8) is 0 Å². The minimum Gasteiger partial charge on any atom is -0.441 e. The monoisotopic (exact) mass is 387 g/mol. The number of carbonyl (C=O) groups is 1. The van der Waals surface area contributed by atoms with E-state index >= 15 is 0 Å². The number of hydrogen-bond donors (Lipinski definition) is 2. The predicted molar refractivity (Wildman–Crippen MR) is 107 cm³/mol. The molecule has 26 heavy (non-hydrogen) atoms. The Morgan fingerprint density at radius 3 is 2.77 bits per heavy atom. The molecule has 0 aliphatic heterocycles. The van der Waals surface area contributed by atoms with Gasteiger partial charge in [-0.1, -0.05) is 29.8 Å². The average Bonchev–Trinajstić information content (AvgIpc) is 3.05. The predicted octanol–water partition coefficient (Wildman–Crippen LogP) is 5.66. The van der Waals surface area contributed by atoms with E-state index in [-0.39, 0.29) is 0 Å². The number of nitrogen functional groups attached to an aromatic ring is 1. The molecule has 0 aliphatic rings. The van der Waals surface area contributed by atoms with Crippen LogP contribution in [-0.2, 0) is 4.74 Å². The van der Waals surface area contributed by atoms with Crippen molar-refractivity contribution in [1.29, 1.82) is 0 Å². The Morgan fingerprint density at radius 2 is 2.04 bits per heavy atom. The second kappa shape index (κ2) is 7.76. The van der Waals surface area contributed by atoms with E-state index in [0.717, 1.165) is 21.8 Å². The van der Waals surface area contributed by atoms with E-state index in [2.05, 4.69) is 10.3 Å². The van der Waals surface area contributed by atoms with Crippen LogP contribution in [0.2, 0.25) is 5.02 Å². The molecule has 7 heteroatoms. The summed E-state index contributed by atoms with van der Waals surface area (Å²) in [5.41, 5.74) is 9.35. The third-order valence-electron chi connectivity index (χ3n) is 3.89. The quantitative estimate of drug-likeness (QED) is 0.605. The van der Waals surface area contributed by atoms with Crippen LogP contribution in [-0.4, -0.2) is 11.1 Å². The Morgan fingerprint density at radius 1 is 1.27 bits per heavy atom. The van der Waals surface area contributed by atoms with E-state index in [0.29, 0.717) is 16.4 Å². The zero-order valence-corrected chi connectivity index (χ0v) is 15.9. The van der Waals surface area contributed by atoms with Crippen molar-refractivity contribution in [2.75, 3.05) is 11.1 Å². The molecule has 2 heterocycles. The lowest BCUT2D eigenvalue weighted by molar-refractivity contribution is 0.121. The Kier molecular flexibility index (Phi) is 5.44. The summed E-state index contributed by atoms with van der Waals surface area (Å²) >= 11 is 7.63. The van der Waals surface area contributed by atoms with Crippen molar-refractivity contribution < 1.29 is 9.53 Å². The number of ether oxygens (including phenoxy) is 1. The lowest BCUT2D eigenvalue weighted by atomic mass is 10.1. The van der Waals surface area contributed by atoms with Crippen LogP contribution in [0.4, 0.5) is 16.2 Å². The Hall–Kier alpha value is -2.57. The van der Waals surface area contributed by atoms with Crippen LogP contribution >= 0.6 is 22.9 Å². The first-order valence-electron chi connectivity index (χ1n) is 7.98. The van der Waals surface area contributed by atoms with E-state index in [4.69, 9.17) is 22.1 Å². The number of anilines is 2. The molecule has 0 radical (unpaired) electrons. The SMILES string of the molecule is Cc1nc(-c2sccc2NC(=O)O[C@H](C)c2ccccc2Cl)ccc1N. The molecule has 0 aliphatic carbocycles. The summed E-state index contributed by atoms with van der Waals surface area (Å²) in [6.07, 6.45) is -1.02. The molecule has 1 atom stereocenters. The number of carbonyl (C=O) groups excluding carboxylic acids is 1. The van der Waals surface area contributed by atoms with Crippen molar-refractivity contribution in [2.24, 2.45) is 0 Å². The van der Waals surface area contributed by atoms with Crippen LogP contribution in [0, 0.1) is 6.92 Å². The van der Waals surface area contributed by atoms with Gasteiger partial charge in [0.25, 0.3) is 0 Å². The number of halogens is 1. The number of thiophene rings is 1. The summed E-state index contributed by atoms with van der Waals surface area (Å²) in [4.78, 5) is 17.6. The number of aryl methyl sites for hydroxylation is 1. The highest BCUT2D eigenvalue weighted by Crippen LogP contribution is 2.34. The van der Waals surface area contributed by atoms with Gasteiger partial charge in [-0.15, -0.1) is 11.3 Å². The van der Waals surface area contributed by atoms with Crippen LogP contribution in [0.25, 0.3) is 10.6 Å². The lowest BCUT2D eigenvalue weighted by Gasteiger charge is -2.15. The smallest absolute Gasteiger partial charge is 0.412 e. The van der Waals surface area contributed by atoms with Gasteiger partial charge >= 0.3 is 6.09 Å². The molecule has 3 rings (SSSR count). The zero-order valence-electron chi connectivity index (χ0n) is 14.3. The maximum atomic E-state index is 12.3. The summed E-state index contributed by atoms with van der Waals surface area (Å²) in [5, 5.41) is 5.22. The van der Waals surface area contributed by atoms with Gasteiger partial charge in [-0.3, -0.25) is 10.3 Å². The number of benzene rings is 1. The molecule has 0 unspecified atom stereocenters. The minimum atomic E-state index is -0.552. The van der Waals surface area contributed by atoms with Gasteiger partial charge in [0, 0.05) is 10.6 Å². The van der Waals surface area contributed by atoms with E-state index in [1.54, 1.807) is 19.1 Å². The highest BCUT2D eigenvalue weighted by Gasteiger charge is 2.17. The molecule has 1 aromatic carbocycles. The molecule has 1 amide bonds. The fourth-order valence-electron chi connectivity index (χ4n) is 2.47. The molecule has 2 aromatic heterocycles. The average molecular weight is 388 g/mol. The van der Waals surface area contributed by atoms with Gasteiger partial charge < -0.3 is 10.5 Å². The Balaban J connectivity index is 1.74. The number of amides is 1. The zero-order chi connectivity index (χ0) is 18.7. The second-order valence-corrected chi connectivity index (χ2v) is 7.05. The fraction of sp³-hybridized carbons (Fsp3) is 0.158. The topological polar surface area (TPSA) is 77.2 Å². The van der Waals surface area contributed by atoms with Gasteiger partial charge in [0.2, 0.25) is 0 Å². The number of aromatic nitrogens is 1. The van der Waals surface area contributed by atoms with Crippen LogP contribution in [0.1, 0.15) is 24.3 Å². The van der Waals surface area contributed by atoms with Gasteiger partial charge in [0.1, 0.15) is 6.10 Å². The van der Waals surface area contributed by atoms with Gasteiger partial charge in [0.15, 0.2) is 0 Å². The first kappa shape index (κ1) is 18.2. The molecule has 0 saturated heterocycles. The number of rotatable bonds is 4. The van der Waals surface area contributed by atoms with E-state index < -0.39 is 12.2 Å². The number of nitrogens with one attached hydrogen (secondary N) is 1. The fourth-order valence-corrected chi connectivity index (χ4v) is 3.58. The largest absolute Gasteiger partial charge is 0.441 e. The number of pyridine rings is 1. The van der Waals surface area contributed by atoms with Gasteiger partial charge in [0.05, 0.1) is 27.6 Å². The number of hydrogen-bond acceptors (Lipinski definition) is 5. The highest BCUT2D eigenvalue weighted by molar-refractivity contribution is 7.14. The molecule has 0 fully saturated rings. The van der Waals surface area contributed by atoms with Crippen molar-refractivity contribution >= 4 is 40.4 Å².